The average Bonchev–Trinajstić information content (AvgIpc) is 3.13. The Hall–Kier alpha value is -2.34. The number of benzene rings is 3. The zero-order chi connectivity index (χ0) is 20.2. The van der Waals surface area contributed by atoms with Gasteiger partial charge >= 0.3 is 0 Å². The molecule has 4 rings (SSSR count). The second-order valence-electron chi connectivity index (χ2n) is 6.67. The van der Waals surface area contributed by atoms with E-state index in [1.807, 2.05) is 48.5 Å². The predicted molar refractivity (Wildman–Crippen MR) is 125 cm³/mol. The fourth-order valence-corrected chi connectivity index (χ4v) is 4.91. The van der Waals surface area contributed by atoms with Crippen LogP contribution in [0.15, 0.2) is 71.6 Å². The molecule has 29 heavy (non-hydrogen) atoms. The molecule has 1 amide bonds. The summed E-state index contributed by atoms with van der Waals surface area (Å²) in [4.78, 5) is 18.0. The van der Waals surface area contributed by atoms with E-state index >= 15 is 0 Å². The number of halogens is 1. The molecule has 0 spiro atoms. The zero-order valence-electron chi connectivity index (χ0n) is 15.8. The Labute approximate surface area is 183 Å². The van der Waals surface area contributed by atoms with Gasteiger partial charge in [0.05, 0.1) is 10.2 Å². The van der Waals surface area contributed by atoms with E-state index in [1.54, 1.807) is 23.1 Å². The minimum absolute atomic E-state index is 0.00896. The molecule has 0 bridgehead atoms. The Balaban J connectivity index is 1.33. The standard InChI is InChI=1S/C23H19ClN2OS2/c1-15-2-11-20-21(14-15)29-23(26-20)16-3-7-18(8-4-16)25-22(27)12-13-28-19-9-5-17(24)6-10-19/h2-11,14H,12-13H2,1H3,(H,25,27). The first-order chi connectivity index (χ1) is 14.1. The van der Waals surface area contributed by atoms with Gasteiger partial charge in [0.2, 0.25) is 5.91 Å². The van der Waals surface area contributed by atoms with Crippen LogP contribution in [0.2, 0.25) is 5.02 Å². The van der Waals surface area contributed by atoms with Crippen LogP contribution in [0.3, 0.4) is 0 Å². The van der Waals surface area contributed by atoms with Crippen LogP contribution in [0.25, 0.3) is 20.8 Å². The Bertz CT molecular complexity index is 1140. The van der Waals surface area contributed by atoms with Crippen LogP contribution in [0.4, 0.5) is 5.69 Å². The lowest BCUT2D eigenvalue weighted by atomic mass is 10.2. The number of anilines is 1. The highest BCUT2D eigenvalue weighted by Crippen LogP contribution is 2.31. The summed E-state index contributed by atoms with van der Waals surface area (Å²) < 4.78 is 1.19. The first-order valence-corrected chi connectivity index (χ1v) is 11.4. The van der Waals surface area contributed by atoms with E-state index in [2.05, 4.69) is 30.4 Å². The Morgan fingerprint density at radius 3 is 2.59 bits per heavy atom. The molecule has 3 aromatic carbocycles. The molecule has 146 valence electrons. The third-order valence-electron chi connectivity index (χ3n) is 4.37. The molecule has 0 unspecified atom stereocenters. The van der Waals surface area contributed by atoms with E-state index in [4.69, 9.17) is 16.6 Å². The summed E-state index contributed by atoms with van der Waals surface area (Å²) in [5.41, 5.74) is 4.11. The first kappa shape index (κ1) is 20.0. The van der Waals surface area contributed by atoms with Gasteiger partial charge in [0.25, 0.3) is 0 Å². The highest BCUT2D eigenvalue weighted by molar-refractivity contribution is 7.99. The van der Waals surface area contributed by atoms with Gasteiger partial charge < -0.3 is 5.32 Å². The number of fused-ring (bicyclic) bond motifs is 1. The number of thiazole rings is 1. The smallest absolute Gasteiger partial charge is 0.225 e. The molecule has 1 N–H and O–H groups in total. The van der Waals surface area contributed by atoms with Crippen LogP contribution in [0, 0.1) is 6.92 Å². The summed E-state index contributed by atoms with van der Waals surface area (Å²) >= 11 is 9.22. The van der Waals surface area contributed by atoms with Crippen LogP contribution in [-0.4, -0.2) is 16.6 Å². The predicted octanol–water partition coefficient (Wildman–Crippen LogP) is 7.05. The second-order valence-corrected chi connectivity index (χ2v) is 9.30. The molecule has 1 heterocycles. The summed E-state index contributed by atoms with van der Waals surface area (Å²) in [6.07, 6.45) is 0.451. The zero-order valence-corrected chi connectivity index (χ0v) is 18.2. The van der Waals surface area contributed by atoms with Gasteiger partial charge in [0.15, 0.2) is 0 Å². The highest BCUT2D eigenvalue weighted by atomic mass is 35.5. The molecular formula is C23H19ClN2OS2. The van der Waals surface area contributed by atoms with E-state index in [9.17, 15) is 4.79 Å². The van der Waals surface area contributed by atoms with Crippen molar-refractivity contribution in [2.75, 3.05) is 11.1 Å². The number of amides is 1. The molecule has 0 aliphatic carbocycles. The number of rotatable bonds is 6. The van der Waals surface area contributed by atoms with E-state index < -0.39 is 0 Å². The molecule has 0 saturated carbocycles. The third-order valence-corrected chi connectivity index (χ3v) is 6.70. The van der Waals surface area contributed by atoms with Crippen molar-refractivity contribution in [3.8, 4) is 10.6 Å². The van der Waals surface area contributed by atoms with Crippen molar-refractivity contribution in [3.63, 3.8) is 0 Å². The first-order valence-electron chi connectivity index (χ1n) is 9.23. The van der Waals surface area contributed by atoms with Crippen LogP contribution in [-0.2, 0) is 4.79 Å². The summed E-state index contributed by atoms with van der Waals surface area (Å²) in [5.74, 6) is 0.728. The van der Waals surface area contributed by atoms with Gasteiger partial charge in [-0.2, -0.15) is 0 Å². The fraction of sp³-hybridized carbons (Fsp3) is 0.130. The monoisotopic (exact) mass is 438 g/mol. The summed E-state index contributed by atoms with van der Waals surface area (Å²) in [5, 5.41) is 4.67. The van der Waals surface area contributed by atoms with Gasteiger partial charge in [-0.15, -0.1) is 23.1 Å². The number of aromatic nitrogens is 1. The quantitative estimate of drug-likeness (QED) is 0.328. The molecular weight excluding hydrogens is 420 g/mol. The number of nitrogens with one attached hydrogen (secondary N) is 1. The van der Waals surface area contributed by atoms with Crippen molar-refractivity contribution in [2.24, 2.45) is 0 Å². The number of hydrogen-bond donors (Lipinski definition) is 1. The molecule has 0 saturated heterocycles. The number of thioether (sulfide) groups is 1. The minimum Gasteiger partial charge on any atom is -0.326 e. The Morgan fingerprint density at radius 1 is 1.07 bits per heavy atom. The van der Waals surface area contributed by atoms with Crippen molar-refractivity contribution >= 4 is 56.5 Å². The molecule has 1 aromatic heterocycles. The molecule has 6 heteroatoms. The van der Waals surface area contributed by atoms with Crippen LogP contribution in [0.1, 0.15) is 12.0 Å². The number of hydrogen-bond acceptors (Lipinski definition) is 4. The van der Waals surface area contributed by atoms with E-state index in [0.29, 0.717) is 6.42 Å². The lowest BCUT2D eigenvalue weighted by Crippen LogP contribution is -2.12. The number of aryl methyl sites for hydroxylation is 1. The molecule has 3 nitrogen and oxygen atoms in total. The van der Waals surface area contributed by atoms with Gasteiger partial charge in [-0.25, -0.2) is 4.98 Å². The maximum absolute atomic E-state index is 12.2. The maximum atomic E-state index is 12.2. The summed E-state index contributed by atoms with van der Waals surface area (Å²) in [7, 11) is 0. The van der Waals surface area contributed by atoms with Crippen molar-refractivity contribution < 1.29 is 4.79 Å². The Kier molecular flexibility index (Phi) is 6.19. The van der Waals surface area contributed by atoms with Crippen molar-refractivity contribution in [1.82, 2.24) is 4.98 Å². The molecule has 0 aliphatic heterocycles. The molecule has 4 aromatic rings. The van der Waals surface area contributed by atoms with Crippen LogP contribution in [0.5, 0.6) is 0 Å². The topological polar surface area (TPSA) is 42.0 Å². The average molecular weight is 439 g/mol. The fourth-order valence-electron chi connectivity index (χ4n) is 2.87. The lowest BCUT2D eigenvalue weighted by Gasteiger charge is -2.06. The molecule has 0 atom stereocenters. The number of carbonyl (C=O) groups is 1. The van der Waals surface area contributed by atoms with E-state index in [0.717, 1.165) is 37.4 Å². The van der Waals surface area contributed by atoms with E-state index in [1.165, 1.54) is 10.3 Å². The Morgan fingerprint density at radius 2 is 1.83 bits per heavy atom. The molecule has 0 radical (unpaired) electrons. The lowest BCUT2D eigenvalue weighted by molar-refractivity contribution is -0.115. The third kappa shape index (κ3) is 5.18. The van der Waals surface area contributed by atoms with Crippen molar-refractivity contribution in [3.05, 3.63) is 77.3 Å². The van der Waals surface area contributed by atoms with Crippen molar-refractivity contribution in [2.45, 2.75) is 18.2 Å². The van der Waals surface area contributed by atoms with Gasteiger partial charge in [0.1, 0.15) is 5.01 Å². The molecule has 0 fully saturated rings. The van der Waals surface area contributed by atoms with Gasteiger partial charge in [0, 0.05) is 33.3 Å². The van der Waals surface area contributed by atoms with Gasteiger partial charge in [-0.05, 0) is 73.2 Å². The van der Waals surface area contributed by atoms with Crippen LogP contribution >= 0.6 is 34.7 Å². The summed E-state index contributed by atoms with van der Waals surface area (Å²) in [6, 6.07) is 21.8. The summed E-state index contributed by atoms with van der Waals surface area (Å²) in [6.45, 7) is 2.09. The van der Waals surface area contributed by atoms with Gasteiger partial charge in [-0.3, -0.25) is 4.79 Å². The maximum Gasteiger partial charge on any atom is 0.225 e. The minimum atomic E-state index is 0.00896. The number of nitrogens with zero attached hydrogens (tertiary/aromatic N) is 1. The SMILES string of the molecule is Cc1ccc2nc(-c3ccc(NC(=O)CCSc4ccc(Cl)cc4)cc3)sc2c1. The van der Waals surface area contributed by atoms with Gasteiger partial charge in [-0.1, -0.05) is 17.7 Å². The largest absolute Gasteiger partial charge is 0.326 e. The molecule has 0 aliphatic rings. The normalized spacial score (nSPS) is 11.0. The van der Waals surface area contributed by atoms with Crippen LogP contribution < -0.4 is 5.32 Å². The van der Waals surface area contributed by atoms with Crippen molar-refractivity contribution in [1.29, 1.82) is 0 Å². The number of carbonyl (C=O) groups excluding carboxylic acids is 1. The van der Waals surface area contributed by atoms with E-state index in [-0.39, 0.29) is 5.91 Å². The highest BCUT2D eigenvalue weighted by Gasteiger charge is 2.08. The second kappa shape index (κ2) is 8.99.